The number of rotatable bonds is 3. The van der Waals surface area contributed by atoms with Crippen LogP contribution in [0.5, 0.6) is 0 Å². The van der Waals surface area contributed by atoms with Crippen molar-refractivity contribution in [2.75, 3.05) is 11.9 Å². The van der Waals surface area contributed by atoms with Gasteiger partial charge in [0.2, 0.25) is 5.91 Å². The molecule has 1 N–H and O–H groups in total. The van der Waals surface area contributed by atoms with E-state index in [0.717, 1.165) is 16.3 Å². The van der Waals surface area contributed by atoms with Crippen LogP contribution in [0.25, 0.3) is 10.6 Å². The number of nitrogens with one attached hydrogen (secondary N) is 1. The second-order valence-electron chi connectivity index (χ2n) is 7.14. The topological polar surface area (TPSA) is 84.4 Å². The van der Waals surface area contributed by atoms with Crippen molar-refractivity contribution in [1.82, 2.24) is 14.9 Å². The number of pyridine rings is 1. The van der Waals surface area contributed by atoms with Crippen molar-refractivity contribution in [2.24, 2.45) is 0 Å². The van der Waals surface area contributed by atoms with E-state index in [4.69, 9.17) is 4.74 Å². The Morgan fingerprint density at radius 3 is 2.73 bits per heavy atom. The molecule has 1 fully saturated rings. The van der Waals surface area contributed by atoms with Crippen LogP contribution in [0.2, 0.25) is 0 Å². The van der Waals surface area contributed by atoms with Gasteiger partial charge in [-0.2, -0.15) is 0 Å². The minimum absolute atomic E-state index is 0.216. The summed E-state index contributed by atoms with van der Waals surface area (Å²) in [6, 6.07) is 3.26. The molecule has 0 radical (unpaired) electrons. The number of likely N-dealkylation sites (tertiary alicyclic amines) is 1. The van der Waals surface area contributed by atoms with Gasteiger partial charge in [-0.15, -0.1) is 0 Å². The van der Waals surface area contributed by atoms with Crippen LogP contribution in [0.1, 0.15) is 32.9 Å². The number of carbonyl (C=O) groups is 2. The van der Waals surface area contributed by atoms with Crippen molar-refractivity contribution in [3.8, 4) is 10.6 Å². The number of thiazole rings is 1. The summed E-state index contributed by atoms with van der Waals surface area (Å²) in [5, 5.41) is 4.38. The summed E-state index contributed by atoms with van der Waals surface area (Å²) in [7, 11) is 0. The molecule has 0 aromatic carbocycles. The van der Waals surface area contributed by atoms with Crippen LogP contribution in [-0.4, -0.2) is 45.1 Å². The van der Waals surface area contributed by atoms with E-state index in [1.807, 2.05) is 19.1 Å². The van der Waals surface area contributed by atoms with E-state index in [9.17, 15) is 9.59 Å². The van der Waals surface area contributed by atoms with Gasteiger partial charge in [-0.25, -0.2) is 9.78 Å². The van der Waals surface area contributed by atoms with E-state index in [1.165, 1.54) is 16.2 Å². The molecular weight excluding hydrogens is 352 g/mol. The van der Waals surface area contributed by atoms with Crippen LogP contribution in [0, 0.1) is 6.92 Å². The average molecular weight is 374 g/mol. The third-order valence-electron chi connectivity index (χ3n) is 3.89. The molecule has 138 valence electrons. The summed E-state index contributed by atoms with van der Waals surface area (Å²) in [5.41, 5.74) is 1.06. The number of anilines is 1. The number of carbonyl (C=O) groups excluding carboxylic acids is 2. The molecule has 1 saturated heterocycles. The van der Waals surface area contributed by atoms with Gasteiger partial charge < -0.3 is 10.1 Å². The van der Waals surface area contributed by atoms with Crippen molar-refractivity contribution in [1.29, 1.82) is 0 Å². The highest BCUT2D eigenvalue weighted by Gasteiger charge is 2.40. The Morgan fingerprint density at radius 1 is 1.38 bits per heavy atom. The maximum atomic E-state index is 12.6. The second kappa shape index (κ2) is 7.03. The molecule has 26 heavy (non-hydrogen) atoms. The number of ether oxygens (including phenoxy) is 1. The second-order valence-corrected chi connectivity index (χ2v) is 8.14. The van der Waals surface area contributed by atoms with E-state index >= 15 is 0 Å². The Bertz CT molecular complexity index is 814. The van der Waals surface area contributed by atoms with Gasteiger partial charge in [0.25, 0.3) is 0 Å². The first-order chi connectivity index (χ1) is 12.2. The van der Waals surface area contributed by atoms with E-state index in [2.05, 4.69) is 15.3 Å². The molecule has 8 heteroatoms. The first kappa shape index (κ1) is 18.3. The van der Waals surface area contributed by atoms with Crippen LogP contribution < -0.4 is 5.32 Å². The van der Waals surface area contributed by atoms with E-state index in [0.29, 0.717) is 18.0 Å². The summed E-state index contributed by atoms with van der Waals surface area (Å²) >= 11 is 1.39. The fourth-order valence-electron chi connectivity index (χ4n) is 2.52. The van der Waals surface area contributed by atoms with Crippen LogP contribution in [0.4, 0.5) is 9.80 Å². The van der Waals surface area contributed by atoms with Crippen LogP contribution in [0.15, 0.2) is 24.5 Å². The maximum absolute atomic E-state index is 12.6. The highest BCUT2D eigenvalue weighted by atomic mass is 32.1. The van der Waals surface area contributed by atoms with Gasteiger partial charge in [0, 0.05) is 24.5 Å². The predicted octanol–water partition coefficient (Wildman–Crippen LogP) is 3.46. The third kappa shape index (κ3) is 4.01. The van der Waals surface area contributed by atoms with Gasteiger partial charge in [0.05, 0.1) is 5.69 Å². The number of hydrogen-bond acceptors (Lipinski definition) is 6. The summed E-state index contributed by atoms with van der Waals surface area (Å²) < 4.78 is 5.35. The van der Waals surface area contributed by atoms with Crippen LogP contribution in [0.3, 0.4) is 0 Å². The van der Waals surface area contributed by atoms with Gasteiger partial charge in [0.15, 0.2) is 0 Å². The predicted molar refractivity (Wildman–Crippen MR) is 100 cm³/mol. The van der Waals surface area contributed by atoms with E-state index < -0.39 is 17.7 Å². The molecule has 2 amide bonds. The fourth-order valence-corrected chi connectivity index (χ4v) is 3.48. The summed E-state index contributed by atoms with van der Waals surface area (Å²) in [5.74, 6) is -0.216. The molecule has 1 atom stereocenters. The molecule has 0 bridgehead atoms. The minimum Gasteiger partial charge on any atom is -0.444 e. The number of amides is 2. The number of hydrogen-bond donors (Lipinski definition) is 1. The van der Waals surface area contributed by atoms with Crippen molar-refractivity contribution in [2.45, 2.75) is 45.8 Å². The summed E-state index contributed by atoms with van der Waals surface area (Å²) in [6.07, 6.45) is 3.61. The Balaban J connectivity index is 1.67. The number of nitrogens with zero attached hydrogens (tertiary/aromatic N) is 3. The van der Waals surface area contributed by atoms with Gasteiger partial charge in [-0.3, -0.25) is 14.7 Å². The molecule has 3 heterocycles. The first-order valence-electron chi connectivity index (χ1n) is 8.43. The van der Waals surface area contributed by atoms with E-state index in [-0.39, 0.29) is 5.91 Å². The highest BCUT2D eigenvalue weighted by Crippen LogP contribution is 2.32. The lowest BCUT2D eigenvalue weighted by molar-refractivity contribution is -0.125. The van der Waals surface area contributed by atoms with Crippen molar-refractivity contribution in [3.63, 3.8) is 0 Å². The third-order valence-corrected chi connectivity index (χ3v) is 5.01. The SMILES string of the molecule is Cc1nc(-c2cccnc2)sc1NC(=O)C1CCN1C(=O)OC(C)(C)C. The van der Waals surface area contributed by atoms with Crippen LogP contribution >= 0.6 is 11.3 Å². The van der Waals surface area contributed by atoms with Crippen molar-refractivity contribution in [3.05, 3.63) is 30.2 Å². The lowest BCUT2D eigenvalue weighted by Gasteiger charge is -2.40. The molecule has 1 aliphatic rings. The minimum atomic E-state index is -0.583. The molecule has 0 aliphatic carbocycles. The van der Waals surface area contributed by atoms with Gasteiger partial charge in [0.1, 0.15) is 21.7 Å². The molecule has 0 spiro atoms. The Labute approximate surface area is 156 Å². The van der Waals surface area contributed by atoms with Crippen molar-refractivity contribution >= 4 is 28.3 Å². The van der Waals surface area contributed by atoms with E-state index in [1.54, 1.807) is 33.2 Å². The largest absolute Gasteiger partial charge is 0.444 e. The smallest absolute Gasteiger partial charge is 0.410 e. The number of aromatic nitrogens is 2. The lowest BCUT2D eigenvalue weighted by Crippen LogP contribution is -2.57. The molecule has 0 saturated carbocycles. The Morgan fingerprint density at radius 2 is 2.15 bits per heavy atom. The molecule has 7 nitrogen and oxygen atoms in total. The quantitative estimate of drug-likeness (QED) is 0.889. The molecule has 3 rings (SSSR count). The zero-order chi connectivity index (χ0) is 18.9. The van der Waals surface area contributed by atoms with Gasteiger partial charge >= 0.3 is 6.09 Å². The summed E-state index contributed by atoms with van der Waals surface area (Å²) in [6.45, 7) is 7.79. The highest BCUT2D eigenvalue weighted by molar-refractivity contribution is 7.19. The normalized spacial score (nSPS) is 16.8. The summed E-state index contributed by atoms with van der Waals surface area (Å²) in [4.78, 5) is 34.8. The molecule has 2 aromatic heterocycles. The zero-order valence-electron chi connectivity index (χ0n) is 15.3. The van der Waals surface area contributed by atoms with Gasteiger partial charge in [-0.05, 0) is 46.2 Å². The van der Waals surface area contributed by atoms with Gasteiger partial charge in [-0.1, -0.05) is 11.3 Å². The Hall–Kier alpha value is -2.48. The average Bonchev–Trinajstić information content (AvgIpc) is 2.86. The molecule has 2 aromatic rings. The van der Waals surface area contributed by atoms with Crippen molar-refractivity contribution < 1.29 is 14.3 Å². The number of aryl methyl sites for hydroxylation is 1. The standard InChI is InChI=1S/C18H22N4O3S/c1-11-15(26-16(20-11)12-6-5-8-19-10-12)21-14(23)13-7-9-22(13)17(24)25-18(2,3)4/h5-6,8,10,13H,7,9H2,1-4H3,(H,21,23). The molecule has 1 aliphatic heterocycles. The van der Waals surface area contributed by atoms with Crippen LogP contribution in [-0.2, 0) is 9.53 Å². The lowest BCUT2D eigenvalue weighted by atomic mass is 10.0. The zero-order valence-corrected chi connectivity index (χ0v) is 16.1. The molecular formula is C18H22N4O3S. The molecule has 1 unspecified atom stereocenters. The Kier molecular flexibility index (Phi) is 4.95. The monoisotopic (exact) mass is 374 g/mol. The fraction of sp³-hybridized carbons (Fsp3) is 0.444. The maximum Gasteiger partial charge on any atom is 0.410 e. The first-order valence-corrected chi connectivity index (χ1v) is 9.24.